The van der Waals surface area contributed by atoms with Crippen molar-refractivity contribution in [2.45, 2.75) is 9.96 Å². The fourth-order valence-corrected chi connectivity index (χ4v) is 2.72. The summed E-state index contributed by atoms with van der Waals surface area (Å²) < 4.78 is -1.84. The Balaban J connectivity index is 2.00. The van der Waals surface area contributed by atoms with E-state index in [-0.39, 0.29) is 5.11 Å². The van der Waals surface area contributed by atoms with Crippen LogP contribution >= 0.6 is 58.6 Å². The number of rotatable bonds is 5. The van der Waals surface area contributed by atoms with Crippen LogP contribution in [0, 0.1) is 0 Å². The lowest BCUT2D eigenvalue weighted by atomic mass is 10.2. The maximum atomic E-state index is 12.2. The molecule has 1 amide bonds. The predicted octanol–water partition coefficient (Wildman–Crippen LogP) is 5.15. The Hall–Kier alpha value is -1.50. The van der Waals surface area contributed by atoms with E-state index in [1.165, 1.54) is 6.08 Å². The van der Waals surface area contributed by atoms with Gasteiger partial charge in [-0.1, -0.05) is 88.9 Å². The molecule has 0 saturated carbocycles. The molecule has 2 aromatic rings. The summed E-state index contributed by atoms with van der Waals surface area (Å²) in [6.45, 7) is 0. The van der Waals surface area contributed by atoms with Gasteiger partial charge in [0.05, 0.1) is 10.7 Å². The van der Waals surface area contributed by atoms with E-state index in [1.807, 2.05) is 30.3 Å². The van der Waals surface area contributed by atoms with E-state index in [2.05, 4.69) is 16.0 Å². The van der Waals surface area contributed by atoms with Gasteiger partial charge in [0.2, 0.25) is 9.70 Å². The third-order valence-corrected chi connectivity index (χ3v) is 4.44. The van der Waals surface area contributed by atoms with Gasteiger partial charge in [-0.2, -0.15) is 0 Å². The van der Waals surface area contributed by atoms with E-state index < -0.39 is 15.9 Å². The van der Waals surface area contributed by atoms with Gasteiger partial charge in [-0.3, -0.25) is 4.79 Å². The lowest BCUT2D eigenvalue weighted by molar-refractivity contribution is -0.117. The molecular weight excluding hydrogens is 448 g/mol. The number of alkyl halides is 3. The Morgan fingerprint density at radius 2 is 1.63 bits per heavy atom. The summed E-state index contributed by atoms with van der Waals surface area (Å²) in [5.74, 6) is -0.455. The molecule has 0 fully saturated rings. The van der Waals surface area contributed by atoms with Gasteiger partial charge < -0.3 is 16.0 Å². The zero-order valence-electron chi connectivity index (χ0n) is 13.8. The maximum absolute atomic E-state index is 12.2. The molecule has 0 aliphatic heterocycles. The highest BCUT2D eigenvalue weighted by Crippen LogP contribution is 2.29. The number of carbonyl (C=O) groups is 1. The van der Waals surface area contributed by atoms with Crippen LogP contribution in [0.15, 0.2) is 60.7 Å². The largest absolute Gasteiger partial charge is 0.339 e. The first-order valence-corrected chi connectivity index (χ1v) is 9.60. The zero-order chi connectivity index (χ0) is 19.9. The fraction of sp³-hybridized carbons (Fsp3) is 0.111. The number of hydrogen-bond acceptors (Lipinski definition) is 2. The summed E-state index contributed by atoms with van der Waals surface area (Å²) in [6, 6.07) is 16.3. The number of amides is 1. The van der Waals surface area contributed by atoms with E-state index in [4.69, 9.17) is 58.6 Å². The summed E-state index contributed by atoms with van der Waals surface area (Å²) in [4.78, 5) is 12.2. The second-order valence-electron chi connectivity index (χ2n) is 5.31. The Morgan fingerprint density at radius 3 is 2.26 bits per heavy atom. The first kappa shape index (κ1) is 21.8. The molecule has 0 unspecified atom stereocenters. The molecule has 0 aliphatic rings. The summed E-state index contributed by atoms with van der Waals surface area (Å²) in [5.41, 5.74) is 1.44. The van der Waals surface area contributed by atoms with E-state index in [9.17, 15) is 4.79 Å². The molecule has 2 aromatic carbocycles. The highest BCUT2D eigenvalue weighted by Gasteiger charge is 2.34. The third-order valence-electron chi connectivity index (χ3n) is 3.24. The molecule has 0 saturated heterocycles. The normalized spacial score (nSPS) is 12.4. The second-order valence-corrected chi connectivity index (χ2v) is 8.49. The average Bonchev–Trinajstić information content (AvgIpc) is 2.61. The smallest absolute Gasteiger partial charge is 0.245 e. The van der Waals surface area contributed by atoms with Crippen LogP contribution in [0.25, 0.3) is 6.08 Å². The van der Waals surface area contributed by atoms with Crippen molar-refractivity contribution >= 4 is 81.4 Å². The molecule has 0 radical (unpaired) electrons. The van der Waals surface area contributed by atoms with Crippen molar-refractivity contribution in [3.05, 3.63) is 71.3 Å². The number of benzene rings is 2. The van der Waals surface area contributed by atoms with Crippen LogP contribution in [0.1, 0.15) is 5.56 Å². The lowest BCUT2D eigenvalue weighted by Gasteiger charge is -2.27. The standard InChI is InChI=1S/C18H15Cl4N3OS/c19-13-8-4-5-9-14(13)23-17(27)25-16(18(20,21)22)24-15(26)11-10-12-6-2-1-3-7-12/h1-11,16H,(H,24,26)(H2,23,25,27)/b11-10-/t16-/m1/s1. The van der Waals surface area contributed by atoms with Crippen molar-refractivity contribution in [1.29, 1.82) is 0 Å². The van der Waals surface area contributed by atoms with Crippen LogP contribution in [0.4, 0.5) is 5.69 Å². The van der Waals surface area contributed by atoms with Gasteiger partial charge >= 0.3 is 0 Å². The van der Waals surface area contributed by atoms with Crippen molar-refractivity contribution in [3.63, 3.8) is 0 Å². The minimum atomic E-state index is -1.84. The Morgan fingerprint density at radius 1 is 1.00 bits per heavy atom. The van der Waals surface area contributed by atoms with E-state index in [0.717, 1.165) is 5.56 Å². The molecule has 142 valence electrons. The van der Waals surface area contributed by atoms with Crippen LogP contribution < -0.4 is 16.0 Å². The first-order valence-electron chi connectivity index (χ1n) is 7.68. The Labute approximate surface area is 182 Å². The Bertz CT molecular complexity index is 825. The molecule has 0 spiro atoms. The van der Waals surface area contributed by atoms with Gasteiger partial charge in [-0.15, -0.1) is 0 Å². The van der Waals surface area contributed by atoms with Crippen LogP contribution in [0.3, 0.4) is 0 Å². The molecule has 0 aromatic heterocycles. The lowest BCUT2D eigenvalue weighted by Crippen LogP contribution is -2.55. The molecule has 3 N–H and O–H groups in total. The fourth-order valence-electron chi connectivity index (χ4n) is 1.98. The van der Waals surface area contributed by atoms with E-state index in [1.54, 1.807) is 30.3 Å². The van der Waals surface area contributed by atoms with Crippen LogP contribution in [0.5, 0.6) is 0 Å². The average molecular weight is 463 g/mol. The molecule has 4 nitrogen and oxygen atoms in total. The number of nitrogens with one attached hydrogen (secondary N) is 3. The van der Waals surface area contributed by atoms with Crippen molar-refractivity contribution < 1.29 is 4.79 Å². The number of anilines is 1. The summed E-state index contributed by atoms with van der Waals surface area (Å²) >= 11 is 29.1. The van der Waals surface area contributed by atoms with Gasteiger partial charge in [0.1, 0.15) is 6.17 Å². The summed E-state index contributed by atoms with van der Waals surface area (Å²) in [7, 11) is 0. The zero-order valence-corrected chi connectivity index (χ0v) is 17.6. The predicted molar refractivity (Wildman–Crippen MR) is 119 cm³/mol. The second kappa shape index (κ2) is 10.2. The van der Waals surface area contributed by atoms with Gasteiger partial charge in [-0.05, 0) is 36.0 Å². The molecular formula is C18H15Cl4N3OS. The maximum Gasteiger partial charge on any atom is 0.245 e. The minimum Gasteiger partial charge on any atom is -0.339 e. The van der Waals surface area contributed by atoms with Crippen molar-refractivity contribution in [2.24, 2.45) is 0 Å². The number of hydrogen-bond donors (Lipinski definition) is 3. The van der Waals surface area contributed by atoms with Crippen LogP contribution in [0.2, 0.25) is 5.02 Å². The van der Waals surface area contributed by atoms with Gasteiger partial charge in [0.25, 0.3) is 0 Å². The van der Waals surface area contributed by atoms with E-state index in [0.29, 0.717) is 10.7 Å². The van der Waals surface area contributed by atoms with E-state index >= 15 is 0 Å². The Kier molecular flexibility index (Phi) is 8.20. The number of para-hydroxylation sites is 1. The van der Waals surface area contributed by atoms with Crippen molar-refractivity contribution in [1.82, 2.24) is 10.6 Å². The van der Waals surface area contributed by atoms with Gasteiger partial charge in [0.15, 0.2) is 5.11 Å². The minimum absolute atomic E-state index is 0.131. The van der Waals surface area contributed by atoms with Crippen molar-refractivity contribution in [3.8, 4) is 0 Å². The molecule has 0 bridgehead atoms. The highest BCUT2D eigenvalue weighted by molar-refractivity contribution is 7.80. The monoisotopic (exact) mass is 461 g/mol. The number of halogens is 4. The van der Waals surface area contributed by atoms with Gasteiger partial charge in [0, 0.05) is 6.08 Å². The van der Waals surface area contributed by atoms with Crippen LogP contribution in [-0.2, 0) is 4.79 Å². The SMILES string of the molecule is O=C(/C=C\c1ccccc1)N[C@H](NC(=S)Nc1ccccc1Cl)C(Cl)(Cl)Cl. The molecule has 0 heterocycles. The highest BCUT2D eigenvalue weighted by atomic mass is 35.6. The van der Waals surface area contributed by atoms with Crippen LogP contribution in [-0.4, -0.2) is 21.0 Å². The molecule has 1 atom stereocenters. The van der Waals surface area contributed by atoms with Gasteiger partial charge in [-0.25, -0.2) is 0 Å². The molecule has 0 aliphatic carbocycles. The number of thiocarbonyl (C=S) groups is 1. The summed E-state index contributed by atoms with van der Waals surface area (Å²) in [5, 5.41) is 8.82. The molecule has 9 heteroatoms. The summed E-state index contributed by atoms with van der Waals surface area (Å²) in [6.07, 6.45) is 1.91. The van der Waals surface area contributed by atoms with Crippen molar-refractivity contribution in [2.75, 3.05) is 5.32 Å². The topological polar surface area (TPSA) is 53.2 Å². The third kappa shape index (κ3) is 7.56. The number of carbonyl (C=O) groups excluding carboxylic acids is 1. The quantitative estimate of drug-likeness (QED) is 0.249. The molecule has 2 rings (SSSR count). The first-order chi connectivity index (χ1) is 12.8. The molecule has 27 heavy (non-hydrogen) atoms.